The molecule has 0 N–H and O–H groups in total. The lowest BCUT2D eigenvalue weighted by atomic mass is 10.1. The van der Waals surface area contributed by atoms with E-state index in [4.69, 9.17) is 11.8 Å². The summed E-state index contributed by atoms with van der Waals surface area (Å²) >= 11 is 6.32. The van der Waals surface area contributed by atoms with Crippen molar-refractivity contribution >= 4 is 25.8 Å². The molecule has 0 aliphatic carbocycles. The van der Waals surface area contributed by atoms with Gasteiger partial charge in [0, 0.05) is 0 Å². The molecule has 0 aromatic heterocycles. The van der Waals surface area contributed by atoms with Gasteiger partial charge in [-0.15, -0.1) is 7.92 Å². The Bertz CT molecular complexity index is 564. The molecule has 0 aliphatic rings. The predicted molar refractivity (Wildman–Crippen MR) is 251 cm³/mol. The van der Waals surface area contributed by atoms with Crippen LogP contribution >= 0.6 is 14.0 Å². The third-order valence-corrected chi connectivity index (χ3v) is 19.1. The minimum absolute atomic E-state index is 0.366. The van der Waals surface area contributed by atoms with Crippen LogP contribution in [0.15, 0.2) is 0 Å². The van der Waals surface area contributed by atoms with E-state index in [9.17, 15) is 0 Å². The second-order valence-electron chi connectivity index (χ2n) is 16.7. The summed E-state index contributed by atoms with van der Waals surface area (Å²) in [5.74, 6) is 0. The van der Waals surface area contributed by atoms with Crippen LogP contribution in [0.2, 0.25) is 0 Å². The quantitative estimate of drug-likeness (QED) is 0.0440. The summed E-state index contributed by atoms with van der Waals surface area (Å²) in [5, 5.41) is 0. The molecule has 0 saturated heterocycles. The van der Waals surface area contributed by atoms with Crippen LogP contribution in [0, 0.1) is 0 Å². The largest absolute Gasteiger partial charge is 0.107 e. The zero-order valence-electron chi connectivity index (χ0n) is 37.0. The minimum Gasteiger partial charge on any atom is -0.107 e. The standard InChI is InChI=1S/C24H51PS.C24H51P/c1-4-7-10-13-16-19-22-25(26,23-20-17-14-11-8-5-2)24-21-18-15-12-9-6-3;1-4-7-10-13-16-19-22-25(23-20-17-14-11-8-5-2)24-21-18-15-12-9-6-3/h4-24H2,1-3H3;4-24H2,1-3H3. The highest BCUT2D eigenvalue weighted by molar-refractivity contribution is 8.14. The van der Waals surface area contributed by atoms with E-state index in [0.29, 0.717) is 7.92 Å². The molecule has 0 fully saturated rings. The van der Waals surface area contributed by atoms with Gasteiger partial charge in [0.15, 0.2) is 0 Å². The van der Waals surface area contributed by atoms with Crippen molar-refractivity contribution in [3.05, 3.63) is 0 Å². The Morgan fingerprint density at radius 3 is 0.647 bits per heavy atom. The van der Waals surface area contributed by atoms with Gasteiger partial charge in [0.25, 0.3) is 0 Å². The van der Waals surface area contributed by atoms with E-state index in [-0.39, 0.29) is 0 Å². The van der Waals surface area contributed by atoms with Gasteiger partial charge in [-0.05, 0) is 81.5 Å². The molecule has 0 atom stereocenters. The summed E-state index contributed by atoms with van der Waals surface area (Å²) in [6, 6.07) is -1.05. The van der Waals surface area contributed by atoms with Crippen molar-refractivity contribution < 1.29 is 0 Å². The van der Waals surface area contributed by atoms with E-state index in [1.54, 1.807) is 18.5 Å². The van der Waals surface area contributed by atoms with E-state index < -0.39 is 6.04 Å². The molecule has 0 heterocycles. The molecule has 0 unspecified atom stereocenters. The fourth-order valence-corrected chi connectivity index (χ4v) is 14.5. The molecule has 0 saturated carbocycles. The van der Waals surface area contributed by atoms with Crippen molar-refractivity contribution in [1.29, 1.82) is 0 Å². The van der Waals surface area contributed by atoms with Crippen LogP contribution in [-0.2, 0) is 11.8 Å². The predicted octanol–water partition coefficient (Wildman–Crippen LogP) is 19.1. The normalized spacial score (nSPS) is 11.7. The maximum Gasteiger partial charge on any atom is -0.0235 e. The smallest absolute Gasteiger partial charge is 0.0235 e. The Balaban J connectivity index is 0. The lowest BCUT2D eigenvalue weighted by molar-refractivity contribution is 0.617. The SMILES string of the molecule is CCCCCCCCP(=S)(CCCCCCCC)CCCCCCCC.CCCCCCCCP(CCCCCCCC)CCCCCCCC. The summed E-state index contributed by atoms with van der Waals surface area (Å²) < 4.78 is 0. The van der Waals surface area contributed by atoms with E-state index in [1.165, 1.54) is 250 Å². The first-order chi connectivity index (χ1) is 25.0. The van der Waals surface area contributed by atoms with Crippen molar-refractivity contribution in [2.24, 2.45) is 0 Å². The third-order valence-electron chi connectivity index (χ3n) is 11.2. The topological polar surface area (TPSA) is 0 Å². The molecule has 0 nitrogen and oxygen atoms in total. The van der Waals surface area contributed by atoms with Crippen LogP contribution in [-0.4, -0.2) is 37.0 Å². The molecule has 0 amide bonds. The van der Waals surface area contributed by atoms with Gasteiger partial charge in [0.1, 0.15) is 0 Å². The molecule has 0 radical (unpaired) electrons. The lowest BCUT2D eigenvalue weighted by Gasteiger charge is -2.22. The zero-order valence-corrected chi connectivity index (χ0v) is 39.6. The van der Waals surface area contributed by atoms with Gasteiger partial charge in [-0.1, -0.05) is 246 Å². The van der Waals surface area contributed by atoms with Gasteiger partial charge < -0.3 is 0 Å². The van der Waals surface area contributed by atoms with E-state index in [2.05, 4.69) is 41.5 Å². The fourth-order valence-electron chi connectivity index (χ4n) is 7.56. The number of hydrogen-bond donors (Lipinski definition) is 0. The summed E-state index contributed by atoms with van der Waals surface area (Å²) in [6.45, 7) is 13.9. The average Bonchev–Trinajstić information content (AvgIpc) is 3.13. The first kappa shape index (κ1) is 54.2. The maximum absolute atomic E-state index is 6.32. The van der Waals surface area contributed by atoms with Crippen molar-refractivity contribution in [2.45, 2.75) is 273 Å². The van der Waals surface area contributed by atoms with Gasteiger partial charge in [-0.25, -0.2) is 0 Å². The highest BCUT2D eigenvalue weighted by Crippen LogP contribution is 2.49. The first-order valence-corrected chi connectivity index (χ1v) is 29.6. The molecule has 0 rings (SSSR count). The third kappa shape index (κ3) is 45.4. The Hall–Kier alpha value is 1.08. The number of unbranched alkanes of at least 4 members (excludes halogenated alkanes) is 30. The molecular formula is C48H102P2S. The van der Waals surface area contributed by atoms with Crippen LogP contribution in [0.5, 0.6) is 0 Å². The first-order valence-electron chi connectivity index (χ1n) is 24.3. The molecule has 51 heavy (non-hydrogen) atoms. The van der Waals surface area contributed by atoms with Crippen molar-refractivity contribution in [3.8, 4) is 0 Å². The van der Waals surface area contributed by atoms with E-state index in [1.807, 2.05) is 0 Å². The Kier molecular flexibility index (Phi) is 50.2. The van der Waals surface area contributed by atoms with Crippen LogP contribution in [0.3, 0.4) is 0 Å². The van der Waals surface area contributed by atoms with E-state index >= 15 is 0 Å². The molecule has 310 valence electrons. The summed E-state index contributed by atoms with van der Waals surface area (Å²) in [4.78, 5) is 0. The summed E-state index contributed by atoms with van der Waals surface area (Å²) in [5.41, 5.74) is 0. The van der Waals surface area contributed by atoms with Gasteiger partial charge >= 0.3 is 0 Å². The molecule has 0 aromatic carbocycles. The van der Waals surface area contributed by atoms with E-state index in [0.717, 1.165) is 0 Å². The maximum atomic E-state index is 6.32. The van der Waals surface area contributed by atoms with Crippen molar-refractivity contribution in [1.82, 2.24) is 0 Å². The van der Waals surface area contributed by atoms with Gasteiger partial charge in [-0.3, -0.25) is 0 Å². The van der Waals surface area contributed by atoms with Crippen molar-refractivity contribution in [2.75, 3.05) is 37.0 Å². The van der Waals surface area contributed by atoms with Crippen LogP contribution in [0.25, 0.3) is 0 Å². The van der Waals surface area contributed by atoms with Crippen LogP contribution in [0.4, 0.5) is 0 Å². The highest BCUT2D eigenvalue weighted by Gasteiger charge is 2.16. The molecule has 0 aliphatic heterocycles. The fraction of sp³-hybridized carbons (Fsp3) is 1.00. The molecule has 0 aromatic rings. The monoisotopic (exact) mass is 773 g/mol. The van der Waals surface area contributed by atoms with Gasteiger partial charge in [0.05, 0.1) is 0 Å². The van der Waals surface area contributed by atoms with Gasteiger partial charge in [0.2, 0.25) is 0 Å². The minimum atomic E-state index is -1.05. The Morgan fingerprint density at radius 2 is 0.431 bits per heavy atom. The second kappa shape index (κ2) is 47.2. The molecule has 0 bridgehead atoms. The Morgan fingerprint density at radius 1 is 0.255 bits per heavy atom. The number of rotatable bonds is 42. The Labute approximate surface area is 334 Å². The molecular weight excluding hydrogens is 671 g/mol. The molecule has 0 spiro atoms. The van der Waals surface area contributed by atoms with Crippen molar-refractivity contribution in [3.63, 3.8) is 0 Å². The van der Waals surface area contributed by atoms with Crippen LogP contribution < -0.4 is 0 Å². The van der Waals surface area contributed by atoms with Crippen LogP contribution in [0.1, 0.15) is 273 Å². The van der Waals surface area contributed by atoms with Gasteiger partial charge in [-0.2, -0.15) is 0 Å². The molecule has 3 heteroatoms. The zero-order chi connectivity index (χ0) is 37.8. The lowest BCUT2D eigenvalue weighted by Crippen LogP contribution is -2.01. The average molecular weight is 773 g/mol. The number of hydrogen-bond acceptors (Lipinski definition) is 1. The second-order valence-corrected chi connectivity index (χ2v) is 25.1. The summed E-state index contributed by atoms with van der Waals surface area (Å²) in [7, 11) is 0.366. The summed E-state index contributed by atoms with van der Waals surface area (Å²) in [6.07, 6.45) is 61.0. The highest BCUT2D eigenvalue weighted by atomic mass is 32.4.